The first-order valence-corrected chi connectivity index (χ1v) is 8.24. The van der Waals surface area contributed by atoms with Crippen LogP contribution < -0.4 is 5.32 Å². The van der Waals surface area contributed by atoms with E-state index in [4.69, 9.17) is 4.42 Å². The predicted molar refractivity (Wildman–Crippen MR) is 90.4 cm³/mol. The van der Waals surface area contributed by atoms with E-state index in [-0.39, 0.29) is 11.9 Å². The highest BCUT2D eigenvalue weighted by Crippen LogP contribution is 2.16. The number of carbonyl (C=O) groups is 1. The van der Waals surface area contributed by atoms with Crippen molar-refractivity contribution >= 4 is 5.91 Å². The third-order valence-electron chi connectivity index (χ3n) is 4.51. The molecule has 4 nitrogen and oxygen atoms in total. The van der Waals surface area contributed by atoms with Gasteiger partial charge in [-0.1, -0.05) is 29.8 Å². The fraction of sp³-hybridized carbons (Fsp3) is 0.421. The van der Waals surface area contributed by atoms with Gasteiger partial charge in [0.05, 0.1) is 11.8 Å². The van der Waals surface area contributed by atoms with Crippen LogP contribution in [0.15, 0.2) is 41.0 Å². The Bertz CT molecular complexity index is 670. The van der Waals surface area contributed by atoms with Crippen molar-refractivity contribution in [1.82, 2.24) is 10.2 Å². The quantitative estimate of drug-likeness (QED) is 0.942. The van der Waals surface area contributed by atoms with Crippen molar-refractivity contribution in [2.24, 2.45) is 0 Å². The number of carbonyl (C=O) groups excluding carboxylic acids is 1. The molecule has 2 heterocycles. The molecule has 1 N–H and O–H groups in total. The number of likely N-dealkylation sites (tertiary alicyclic amines) is 1. The van der Waals surface area contributed by atoms with Crippen molar-refractivity contribution in [3.8, 4) is 0 Å². The van der Waals surface area contributed by atoms with Crippen LogP contribution in [0.2, 0.25) is 0 Å². The van der Waals surface area contributed by atoms with Gasteiger partial charge in [-0.25, -0.2) is 0 Å². The third kappa shape index (κ3) is 4.02. The van der Waals surface area contributed by atoms with E-state index in [1.54, 1.807) is 12.3 Å². The van der Waals surface area contributed by atoms with Crippen molar-refractivity contribution in [3.05, 3.63) is 59.0 Å². The molecule has 0 saturated carbocycles. The van der Waals surface area contributed by atoms with E-state index >= 15 is 0 Å². The summed E-state index contributed by atoms with van der Waals surface area (Å²) in [5.74, 6) is 0.660. The lowest BCUT2D eigenvalue weighted by Gasteiger charge is -2.32. The zero-order chi connectivity index (χ0) is 16.2. The van der Waals surface area contributed by atoms with Gasteiger partial charge in [-0.15, -0.1) is 0 Å². The van der Waals surface area contributed by atoms with Gasteiger partial charge < -0.3 is 9.73 Å². The summed E-state index contributed by atoms with van der Waals surface area (Å²) in [6, 6.07) is 10.7. The molecule has 0 spiro atoms. The summed E-state index contributed by atoms with van der Waals surface area (Å²) < 4.78 is 5.20. The van der Waals surface area contributed by atoms with E-state index in [1.807, 2.05) is 6.92 Å². The number of nitrogens with zero attached hydrogens (tertiary/aromatic N) is 1. The maximum atomic E-state index is 12.2. The number of hydrogen-bond donors (Lipinski definition) is 1. The lowest BCUT2D eigenvalue weighted by atomic mass is 10.0. The molecular formula is C19H24N2O2. The number of nitrogens with one attached hydrogen (secondary N) is 1. The molecule has 1 aliphatic rings. The third-order valence-corrected chi connectivity index (χ3v) is 4.51. The molecule has 4 heteroatoms. The fourth-order valence-electron chi connectivity index (χ4n) is 3.19. The zero-order valence-electron chi connectivity index (χ0n) is 13.8. The number of furan rings is 1. The van der Waals surface area contributed by atoms with Gasteiger partial charge in [0, 0.05) is 25.7 Å². The first-order valence-electron chi connectivity index (χ1n) is 8.24. The Morgan fingerprint density at radius 1 is 1.26 bits per heavy atom. The van der Waals surface area contributed by atoms with Gasteiger partial charge in [-0.2, -0.15) is 0 Å². The number of amides is 1. The molecule has 1 aromatic carbocycles. The van der Waals surface area contributed by atoms with E-state index in [0.29, 0.717) is 11.3 Å². The molecular weight excluding hydrogens is 288 g/mol. The molecule has 0 aliphatic carbocycles. The summed E-state index contributed by atoms with van der Waals surface area (Å²) in [6.07, 6.45) is 3.55. The largest absolute Gasteiger partial charge is 0.469 e. The van der Waals surface area contributed by atoms with Gasteiger partial charge in [0.1, 0.15) is 5.76 Å². The molecule has 1 amide bonds. The Labute approximate surface area is 137 Å². The second-order valence-electron chi connectivity index (χ2n) is 6.40. The van der Waals surface area contributed by atoms with E-state index in [1.165, 1.54) is 11.1 Å². The van der Waals surface area contributed by atoms with Crippen LogP contribution in [0.1, 0.15) is 40.1 Å². The second-order valence-corrected chi connectivity index (χ2v) is 6.40. The van der Waals surface area contributed by atoms with Crippen molar-refractivity contribution in [3.63, 3.8) is 0 Å². The zero-order valence-corrected chi connectivity index (χ0v) is 13.8. The molecule has 1 fully saturated rings. The van der Waals surface area contributed by atoms with Crippen LogP contribution in [-0.2, 0) is 6.54 Å². The highest BCUT2D eigenvalue weighted by Gasteiger charge is 2.22. The van der Waals surface area contributed by atoms with E-state index in [2.05, 4.69) is 41.4 Å². The molecule has 0 radical (unpaired) electrons. The standard InChI is InChI=1S/C19H24N2O2/c1-14-4-3-5-16(12-14)13-21-9-6-17(7-10-21)20-19(22)18-8-11-23-15(18)2/h3-5,8,11-12,17H,6-7,9-10,13H2,1-2H3,(H,20,22). The van der Waals surface area contributed by atoms with Gasteiger partial charge >= 0.3 is 0 Å². The smallest absolute Gasteiger partial charge is 0.255 e. The Morgan fingerprint density at radius 2 is 2.04 bits per heavy atom. The first kappa shape index (κ1) is 15.8. The molecule has 0 bridgehead atoms. The highest BCUT2D eigenvalue weighted by atomic mass is 16.3. The van der Waals surface area contributed by atoms with Crippen LogP contribution in [0.4, 0.5) is 0 Å². The summed E-state index contributed by atoms with van der Waals surface area (Å²) in [5, 5.41) is 3.13. The van der Waals surface area contributed by atoms with Crippen molar-refractivity contribution in [2.75, 3.05) is 13.1 Å². The normalized spacial score (nSPS) is 16.4. The van der Waals surface area contributed by atoms with Crippen LogP contribution in [0.25, 0.3) is 0 Å². The van der Waals surface area contributed by atoms with Crippen molar-refractivity contribution < 1.29 is 9.21 Å². The minimum atomic E-state index is -0.0200. The SMILES string of the molecule is Cc1cccc(CN2CCC(NC(=O)c3ccoc3C)CC2)c1. The topological polar surface area (TPSA) is 45.5 Å². The number of piperidine rings is 1. The maximum Gasteiger partial charge on any atom is 0.255 e. The monoisotopic (exact) mass is 312 g/mol. The summed E-state index contributed by atoms with van der Waals surface area (Å²) >= 11 is 0. The van der Waals surface area contributed by atoms with Gasteiger partial charge in [0.2, 0.25) is 0 Å². The molecule has 23 heavy (non-hydrogen) atoms. The van der Waals surface area contributed by atoms with E-state index in [9.17, 15) is 4.79 Å². The van der Waals surface area contributed by atoms with Crippen LogP contribution in [0.5, 0.6) is 0 Å². The molecule has 3 rings (SSSR count). The van der Waals surface area contributed by atoms with Crippen LogP contribution in [0.3, 0.4) is 0 Å². The summed E-state index contributed by atoms with van der Waals surface area (Å²) in [4.78, 5) is 14.7. The first-order chi connectivity index (χ1) is 11.1. The Kier molecular flexibility index (Phi) is 4.82. The lowest BCUT2D eigenvalue weighted by Crippen LogP contribution is -2.44. The molecule has 2 aromatic rings. The second kappa shape index (κ2) is 7.01. The van der Waals surface area contributed by atoms with E-state index < -0.39 is 0 Å². The van der Waals surface area contributed by atoms with Crippen molar-refractivity contribution in [2.45, 2.75) is 39.3 Å². The van der Waals surface area contributed by atoms with Crippen LogP contribution in [0, 0.1) is 13.8 Å². The number of hydrogen-bond acceptors (Lipinski definition) is 3. The van der Waals surface area contributed by atoms with E-state index in [0.717, 1.165) is 32.5 Å². The molecule has 0 unspecified atom stereocenters. The van der Waals surface area contributed by atoms with Crippen molar-refractivity contribution in [1.29, 1.82) is 0 Å². The summed E-state index contributed by atoms with van der Waals surface area (Å²) in [5.41, 5.74) is 3.31. The average molecular weight is 312 g/mol. The molecule has 1 saturated heterocycles. The number of benzene rings is 1. The minimum absolute atomic E-state index is 0.0200. The lowest BCUT2D eigenvalue weighted by molar-refractivity contribution is 0.0907. The highest BCUT2D eigenvalue weighted by molar-refractivity contribution is 5.95. The van der Waals surface area contributed by atoms with Gasteiger partial charge in [0.25, 0.3) is 5.91 Å². The average Bonchev–Trinajstić information content (AvgIpc) is 2.95. The Balaban J connectivity index is 1.49. The molecule has 0 atom stereocenters. The number of rotatable bonds is 4. The van der Waals surface area contributed by atoms with Gasteiger partial charge in [-0.05, 0) is 38.3 Å². The maximum absolute atomic E-state index is 12.2. The molecule has 1 aromatic heterocycles. The van der Waals surface area contributed by atoms with Crippen LogP contribution in [-0.4, -0.2) is 29.9 Å². The predicted octanol–water partition coefficient (Wildman–Crippen LogP) is 3.29. The van der Waals surface area contributed by atoms with Gasteiger partial charge in [-0.3, -0.25) is 9.69 Å². The fourth-order valence-corrected chi connectivity index (χ4v) is 3.19. The summed E-state index contributed by atoms with van der Waals surface area (Å²) in [6.45, 7) is 6.97. The van der Waals surface area contributed by atoms with Gasteiger partial charge in [0.15, 0.2) is 0 Å². The van der Waals surface area contributed by atoms with Crippen LogP contribution >= 0.6 is 0 Å². The summed E-state index contributed by atoms with van der Waals surface area (Å²) in [7, 11) is 0. The Hall–Kier alpha value is -2.07. The number of aryl methyl sites for hydroxylation is 2. The molecule has 122 valence electrons. The Morgan fingerprint density at radius 3 is 2.70 bits per heavy atom. The molecule has 1 aliphatic heterocycles. The minimum Gasteiger partial charge on any atom is -0.469 e.